The summed E-state index contributed by atoms with van der Waals surface area (Å²) in [5, 5.41) is 94.3. The van der Waals surface area contributed by atoms with Gasteiger partial charge in [0.25, 0.3) is 0 Å². The zero-order valence-corrected chi connectivity index (χ0v) is 74.2. The first-order valence-electron chi connectivity index (χ1n) is 41.8. The Kier molecular flexibility index (Phi) is 40.4. The van der Waals surface area contributed by atoms with Gasteiger partial charge in [0.05, 0.1) is 31.8 Å². The van der Waals surface area contributed by atoms with Gasteiger partial charge >= 0.3 is 11.9 Å². The molecule has 6 bridgehead atoms. The van der Waals surface area contributed by atoms with Crippen LogP contribution in [-0.4, -0.2) is 336 Å². The molecule has 0 radical (unpaired) electrons. The second-order valence-corrected chi connectivity index (χ2v) is 36.0. The lowest BCUT2D eigenvalue weighted by molar-refractivity contribution is -0.152. The quantitative estimate of drug-likeness (QED) is 0.0929. The number of aliphatic hydroxyl groups is 3. The molecule has 0 aromatic heterocycles. The molecule has 23 atom stereocenters. The van der Waals surface area contributed by atoms with Gasteiger partial charge in [-0.2, -0.15) is 35.3 Å². The van der Waals surface area contributed by atoms with Gasteiger partial charge in [0.2, 0.25) is 106 Å². The number of nitrogens with two attached hydrogens (primary N) is 1. The summed E-state index contributed by atoms with van der Waals surface area (Å²) < 4.78 is 0. The summed E-state index contributed by atoms with van der Waals surface area (Å²) in [7, 11) is 0. The molecule has 704 valence electrons. The molecule has 5 fully saturated rings. The van der Waals surface area contributed by atoms with Gasteiger partial charge in [0.1, 0.15) is 96.7 Å². The maximum atomic E-state index is 15.9. The van der Waals surface area contributed by atoms with Crippen molar-refractivity contribution in [2.24, 2.45) is 11.7 Å². The highest BCUT2D eigenvalue weighted by molar-refractivity contribution is 8.00. The second kappa shape index (κ2) is 49.9. The molecule has 5 aliphatic rings. The average molecular weight is 1850 g/mol. The average Bonchev–Trinajstić information content (AvgIpc) is 1.09. The van der Waals surface area contributed by atoms with Crippen molar-refractivity contribution in [1.82, 2.24) is 101 Å². The monoisotopic (exact) mass is 1850 g/mol. The van der Waals surface area contributed by atoms with Crippen molar-refractivity contribution in [3.05, 3.63) is 71.8 Å². The highest BCUT2D eigenvalue weighted by atomic mass is 32.2. The number of nitrogens with zero attached hydrogens (tertiary/aromatic N) is 1. The van der Waals surface area contributed by atoms with Crippen LogP contribution in [0.4, 0.5) is 0 Å². The van der Waals surface area contributed by atoms with Crippen LogP contribution in [0.15, 0.2) is 60.7 Å². The molecule has 0 saturated carbocycles. The van der Waals surface area contributed by atoms with Crippen LogP contribution < -0.4 is 101 Å². The molecule has 7 rings (SSSR count). The third-order valence-corrected chi connectivity index (χ3v) is 25.9. The fraction of sp³-hybridized carbons (Fsp3) is 0.600. The fourth-order valence-corrected chi connectivity index (χ4v) is 17.3. The fourth-order valence-electron chi connectivity index (χ4n) is 14.0. The van der Waals surface area contributed by atoms with Crippen LogP contribution in [0, 0.1) is 5.92 Å². The van der Waals surface area contributed by atoms with E-state index in [4.69, 9.17) is 5.73 Å². The number of fused-ring (bicyclic) bond motifs is 22. The Balaban J connectivity index is 1.51. The third-order valence-electron chi connectivity index (χ3n) is 21.9. The summed E-state index contributed by atoms with van der Waals surface area (Å²) in [4.78, 5) is 294. The van der Waals surface area contributed by atoms with E-state index in [1.165, 1.54) is 32.6 Å². The number of carboxylic acid groups (broad SMARTS) is 2. The van der Waals surface area contributed by atoms with Crippen LogP contribution in [-0.2, 0) is 109 Å². The number of carboxylic acids is 2. The Bertz CT molecular complexity index is 4360. The minimum absolute atomic E-state index is 0.00233. The summed E-state index contributed by atoms with van der Waals surface area (Å²) in [6, 6.07) is -15.2. The standard InChI is InChI=1S/C80H116N20O25S3/c1-9-36(2)56-74(117)86-38(4)64(107)92-52-35-128-41(7)58-77(120)93-51-34-127-42(8)60(78(121)95-56)96-67(110)48(28-44-21-14-11-15-22-44)89-72(115)53-24-18-26-100(53)55(104)31-84-66(109)47(27-43-19-12-10-13-20-43)88-68(111)49(90-70(51)113)29-82-25-17-16-23-46(79(122)123)87-76(119)59(40(6)126-33-45(81)65(108)85-37(3)63(106)91-50(32-101)69(112)97-58)98-75(118)57(39(5)102)94-54(103)30-83-73(116)61(99-71(52)114)62(105)80(124)125/h10-15,19-22,36-42,45-53,56-62,82,101-102,105H,9,16-18,23-35,81H2,1-8H3,(H,83,116)(H,84,109)(H,85,108)(H,86,117)(H,87,119)(H,88,111)(H,89,115)(H,90,113)(H,91,106)(H,92,107)(H,93,120)(H,94,103)(H,95,121)(H,96,110)(H,97,112)(H,98,118)(H,99,114)(H,122,123)(H,124,125)/t36-,37-,38-,39-,40+,41+,42-,45-,46-,47-,48-,49-,50-,51-,52+,53-,56-,57-,58-,59-,60-,61-,62+/m0/s1. The van der Waals surface area contributed by atoms with Crippen LogP contribution in [0.5, 0.6) is 0 Å². The number of nitrogens with one attached hydrogen (secondary N) is 18. The van der Waals surface area contributed by atoms with E-state index in [2.05, 4.69) is 85.1 Å². The Hall–Kier alpha value is -11.3. The molecule has 5 heterocycles. The number of aliphatic carboxylic acids is 2. The van der Waals surface area contributed by atoms with Crippen molar-refractivity contribution in [3.63, 3.8) is 0 Å². The van der Waals surface area contributed by atoms with E-state index in [-0.39, 0.29) is 64.5 Å². The van der Waals surface area contributed by atoms with E-state index in [0.29, 0.717) is 34.7 Å². The predicted molar refractivity (Wildman–Crippen MR) is 461 cm³/mol. The highest BCUT2D eigenvalue weighted by Gasteiger charge is 2.45. The molecule has 128 heavy (non-hydrogen) atoms. The number of hydrogen-bond acceptors (Lipinski definition) is 28. The summed E-state index contributed by atoms with van der Waals surface area (Å²) in [5.41, 5.74) is 7.27. The number of thioether (sulfide) groups is 3. The molecule has 2 aromatic rings. The lowest BCUT2D eigenvalue weighted by Gasteiger charge is -2.33. The highest BCUT2D eigenvalue weighted by Crippen LogP contribution is 2.25. The SMILES string of the molecule is CC[C@H](C)[C@@H]1NC(=O)[C@H]2NC(=O)[C@H](Cc3ccccc3)NC(=O)[C@@H]3CCCN3C(=O)CNC(=O)[C@H](Cc3ccccc3)NC(=O)[C@@H]3CNCCCC[C@@H](C(=O)O)NC(=O)[C@H]4NC(=O)[C@H]([C@H](C)O)NC(=O)CNC(=O)[C@H]([C@@H](O)C(=O)O)NC(=O)[C@@H](CS[C@H](C)[C@H](NC(=O)[C@H](CO)NC(=O)[C@H](C)NC(=O)[C@@H](N)CS[C@@H]4C)C(=O)N[C@@H](CS[C@H]2C)C(=O)N3)NC(=O)[C@H](C)NC1=O. The number of carbonyl (C=O) groups excluding carboxylic acids is 18. The van der Waals surface area contributed by atoms with E-state index < -0.39 is 298 Å². The molecule has 5 saturated heterocycles. The summed E-state index contributed by atoms with van der Waals surface area (Å²) >= 11 is 1.94. The van der Waals surface area contributed by atoms with Gasteiger partial charge < -0.3 is 132 Å². The molecular formula is C80H116N20O25S3. The van der Waals surface area contributed by atoms with Crippen LogP contribution in [0.25, 0.3) is 0 Å². The van der Waals surface area contributed by atoms with E-state index in [1.807, 2.05) is 10.6 Å². The first-order chi connectivity index (χ1) is 60.6. The zero-order valence-electron chi connectivity index (χ0n) is 71.7. The van der Waals surface area contributed by atoms with Gasteiger partial charge in [-0.25, -0.2) is 9.59 Å². The molecule has 18 amide bonds. The topological polar surface area (TPSA) is 688 Å². The molecule has 48 heteroatoms. The zero-order chi connectivity index (χ0) is 94.5. The van der Waals surface area contributed by atoms with Crippen molar-refractivity contribution in [3.8, 4) is 0 Å². The molecule has 45 nitrogen and oxygen atoms in total. The number of amides is 18. The van der Waals surface area contributed by atoms with Gasteiger partial charge in [-0.3, -0.25) is 86.3 Å². The van der Waals surface area contributed by atoms with E-state index in [9.17, 15) is 92.7 Å². The molecular weight excluding hydrogens is 1740 g/mol. The molecule has 0 unspecified atom stereocenters. The smallest absolute Gasteiger partial charge is 0.335 e. The van der Waals surface area contributed by atoms with Gasteiger partial charge in [-0.1, -0.05) is 102 Å². The molecule has 25 N–H and O–H groups in total. The minimum atomic E-state index is -2.93. The van der Waals surface area contributed by atoms with Crippen molar-refractivity contribution in [2.75, 3.05) is 56.6 Å². The molecule has 0 aliphatic carbocycles. The molecule has 2 aromatic carbocycles. The number of benzene rings is 2. The Morgan fingerprint density at radius 1 is 0.453 bits per heavy atom. The minimum Gasteiger partial charge on any atom is -0.480 e. The van der Waals surface area contributed by atoms with Gasteiger partial charge in [-0.15, -0.1) is 0 Å². The normalized spacial score (nSPS) is 31.0. The van der Waals surface area contributed by atoms with Crippen molar-refractivity contribution in [1.29, 1.82) is 0 Å². The number of carbonyl (C=O) groups is 20. The molecule has 0 spiro atoms. The van der Waals surface area contributed by atoms with Gasteiger partial charge in [-0.05, 0) is 76.5 Å². The van der Waals surface area contributed by atoms with E-state index in [0.717, 1.165) is 32.5 Å². The molecule has 5 aliphatic heterocycles. The van der Waals surface area contributed by atoms with Crippen molar-refractivity contribution < 1.29 is 121 Å². The van der Waals surface area contributed by atoms with Crippen molar-refractivity contribution in [2.45, 2.75) is 237 Å². The Morgan fingerprint density at radius 2 is 0.914 bits per heavy atom. The van der Waals surface area contributed by atoms with Crippen LogP contribution >= 0.6 is 35.3 Å². The summed E-state index contributed by atoms with van der Waals surface area (Å²) in [6.07, 6.45) is -5.37. The van der Waals surface area contributed by atoms with Crippen LogP contribution in [0.1, 0.15) is 105 Å². The van der Waals surface area contributed by atoms with Gasteiger partial charge in [0, 0.05) is 58.9 Å². The summed E-state index contributed by atoms with van der Waals surface area (Å²) in [6.45, 7) is 6.34. The number of rotatable bonds is 11. The van der Waals surface area contributed by atoms with Crippen LogP contribution in [0.3, 0.4) is 0 Å². The lowest BCUT2D eigenvalue weighted by atomic mass is 9.97. The summed E-state index contributed by atoms with van der Waals surface area (Å²) in [5.74, 6) is -28.3. The largest absolute Gasteiger partial charge is 0.480 e. The number of hydrogen-bond donors (Lipinski definition) is 24. The Labute approximate surface area is 749 Å². The van der Waals surface area contributed by atoms with Crippen molar-refractivity contribution >= 4 is 154 Å². The first kappa shape index (κ1) is 104. The maximum Gasteiger partial charge on any atom is 0.335 e. The number of aliphatic hydroxyl groups excluding tert-OH is 3. The lowest BCUT2D eigenvalue weighted by Crippen LogP contribution is -2.64. The third kappa shape index (κ3) is 30.4. The van der Waals surface area contributed by atoms with E-state index >= 15 is 28.8 Å². The predicted octanol–water partition coefficient (Wildman–Crippen LogP) is -9.54. The Morgan fingerprint density at radius 3 is 1.47 bits per heavy atom. The van der Waals surface area contributed by atoms with E-state index in [1.54, 1.807) is 67.6 Å². The maximum absolute atomic E-state index is 15.9. The van der Waals surface area contributed by atoms with Crippen LogP contribution in [0.2, 0.25) is 0 Å². The first-order valence-corrected chi connectivity index (χ1v) is 45.0. The van der Waals surface area contributed by atoms with Gasteiger partial charge in [0.15, 0.2) is 6.10 Å². The second-order valence-electron chi connectivity index (χ2n) is 31.8.